The van der Waals surface area contributed by atoms with Crippen LogP contribution in [0.25, 0.3) is 11.1 Å². The second kappa shape index (κ2) is 11.5. The van der Waals surface area contributed by atoms with Gasteiger partial charge in [-0.15, -0.1) is 0 Å². The van der Waals surface area contributed by atoms with E-state index in [1.165, 1.54) is 17.1 Å². The van der Waals surface area contributed by atoms with Crippen molar-refractivity contribution in [2.24, 2.45) is 0 Å². The summed E-state index contributed by atoms with van der Waals surface area (Å²) in [6.07, 6.45) is -0.501. The molecular formula is C19H20Br2N6O4S. The first kappa shape index (κ1) is 12.2. The van der Waals surface area contributed by atoms with Gasteiger partial charge >= 0.3 is 6.01 Å². The highest BCUT2D eigenvalue weighted by Gasteiger charge is 2.19. The van der Waals surface area contributed by atoms with Crippen LogP contribution in [0.5, 0.6) is 11.9 Å². The van der Waals surface area contributed by atoms with Crippen LogP contribution in [0.4, 0.5) is 5.82 Å². The minimum atomic E-state index is -5.28. The number of benzene rings is 1. The molecule has 32 heavy (non-hydrogen) atoms. The lowest BCUT2D eigenvalue weighted by atomic mass is 10.1. The van der Waals surface area contributed by atoms with Crippen molar-refractivity contribution in [2.45, 2.75) is 13.2 Å². The lowest BCUT2D eigenvalue weighted by Gasteiger charge is -2.15. The molecule has 3 aromatic rings. The molecule has 0 radical (unpaired) electrons. The van der Waals surface area contributed by atoms with Gasteiger partial charge in [-0.1, -0.05) is 34.9 Å². The second-order valence-corrected chi connectivity index (χ2v) is 8.39. The number of aromatic nitrogens is 4. The van der Waals surface area contributed by atoms with Gasteiger partial charge in [0.15, 0.2) is 5.82 Å². The van der Waals surface area contributed by atoms with E-state index < -0.39 is 96.1 Å². The zero-order chi connectivity index (χ0) is 34.3. The van der Waals surface area contributed by atoms with Crippen LogP contribution in [0.3, 0.4) is 0 Å². The lowest BCUT2D eigenvalue weighted by molar-refractivity contribution is 0.202. The predicted octanol–water partition coefficient (Wildman–Crippen LogP) is 3.57. The van der Waals surface area contributed by atoms with E-state index in [1.54, 1.807) is 4.72 Å². The fourth-order valence-electron chi connectivity index (χ4n) is 1.99. The molecule has 13 heteroatoms. The third kappa shape index (κ3) is 7.08. The maximum Gasteiger partial charge on any atom is 0.316 e. The molecule has 0 fully saturated rings. The Bertz CT molecular complexity index is 1670. The van der Waals surface area contributed by atoms with Crippen molar-refractivity contribution < 1.29 is 35.7 Å². The Morgan fingerprint density at radius 2 is 1.84 bits per heavy atom. The Morgan fingerprint density at radius 3 is 2.56 bits per heavy atom. The number of rotatable bonds is 11. The monoisotopic (exact) mass is 599 g/mol. The lowest BCUT2D eigenvalue weighted by Crippen LogP contribution is -2.31. The summed E-state index contributed by atoms with van der Waals surface area (Å²) in [7, 11) is -5.28. The average molecular weight is 601 g/mol. The van der Waals surface area contributed by atoms with E-state index in [0.29, 0.717) is 10.8 Å². The molecule has 0 aliphatic rings. The number of halogens is 2. The van der Waals surface area contributed by atoms with E-state index in [9.17, 15) is 8.42 Å². The maximum absolute atomic E-state index is 13.0. The summed E-state index contributed by atoms with van der Waals surface area (Å²) in [6.45, 7) is -11.0. The first-order valence-corrected chi connectivity index (χ1v) is 11.2. The van der Waals surface area contributed by atoms with Crippen molar-refractivity contribution in [3.05, 3.63) is 51.8 Å². The number of anilines is 1. The molecular weight excluding hydrogens is 568 g/mol. The van der Waals surface area contributed by atoms with Crippen molar-refractivity contribution in [3.8, 4) is 23.0 Å². The number of hydrogen-bond acceptors (Lipinski definition) is 8. The topological polar surface area (TPSA) is 128 Å². The molecule has 0 aliphatic carbocycles. The molecule has 0 bridgehead atoms. The predicted molar refractivity (Wildman–Crippen MR) is 127 cm³/mol. The summed E-state index contributed by atoms with van der Waals surface area (Å²) in [5, 5.41) is 0. The number of nitrogens with one attached hydrogen (secondary N) is 2. The second-order valence-electron chi connectivity index (χ2n) is 5.27. The first-order valence-electron chi connectivity index (χ1n) is 14.6. The van der Waals surface area contributed by atoms with Gasteiger partial charge in [0.1, 0.15) is 19.5 Å². The highest BCUT2D eigenvalue weighted by Crippen LogP contribution is 2.34. The van der Waals surface area contributed by atoms with Crippen molar-refractivity contribution >= 4 is 47.9 Å². The highest BCUT2D eigenvalue weighted by atomic mass is 79.9. The van der Waals surface area contributed by atoms with Gasteiger partial charge in [-0.3, -0.25) is 4.72 Å². The minimum absolute atomic E-state index is 0.260. The number of nitrogens with zero attached hydrogens (tertiary/aromatic N) is 4. The van der Waals surface area contributed by atoms with Crippen LogP contribution in [-0.4, -0.2) is 48.0 Å². The Kier molecular flexibility index (Phi) is 4.39. The molecule has 2 N–H and O–H groups in total. The van der Waals surface area contributed by atoms with Crippen molar-refractivity contribution in [2.75, 3.05) is 24.4 Å². The first-order chi connectivity index (χ1) is 20.4. The van der Waals surface area contributed by atoms with Gasteiger partial charge in [0.2, 0.25) is 5.88 Å². The van der Waals surface area contributed by atoms with Gasteiger partial charge in [-0.25, -0.2) is 19.9 Å². The van der Waals surface area contributed by atoms with Crippen molar-refractivity contribution in [3.63, 3.8) is 0 Å². The van der Waals surface area contributed by atoms with Crippen LogP contribution >= 0.6 is 31.9 Å². The Morgan fingerprint density at radius 1 is 1.09 bits per heavy atom. The van der Waals surface area contributed by atoms with Gasteiger partial charge in [0, 0.05) is 33.0 Å². The van der Waals surface area contributed by atoms with Gasteiger partial charge in [0.05, 0.1) is 18.3 Å². The molecule has 1 aromatic carbocycles. The summed E-state index contributed by atoms with van der Waals surface area (Å²) in [5.41, 5.74) is -1.32. The Hall–Kier alpha value is -2.35. The molecule has 0 unspecified atom stereocenters. The zero-order valence-corrected chi connectivity index (χ0v) is 19.5. The fourth-order valence-corrected chi connectivity index (χ4v) is 3.04. The molecule has 3 rings (SSSR count). The summed E-state index contributed by atoms with van der Waals surface area (Å²) in [6, 6.07) is -3.16. The molecule has 0 amide bonds. The summed E-state index contributed by atoms with van der Waals surface area (Å²) >= 11 is 6.04. The van der Waals surface area contributed by atoms with Gasteiger partial charge in [-0.05, 0) is 40.0 Å². The van der Waals surface area contributed by atoms with Crippen LogP contribution in [0.15, 0.2) is 51.8 Å². The Balaban J connectivity index is 2.12. The van der Waals surface area contributed by atoms with E-state index in [4.69, 9.17) is 27.3 Å². The van der Waals surface area contributed by atoms with E-state index in [0.717, 1.165) is 0 Å². The molecule has 2 heterocycles. The van der Waals surface area contributed by atoms with E-state index >= 15 is 0 Å². The van der Waals surface area contributed by atoms with Crippen LogP contribution in [0.2, 0.25) is 0 Å². The van der Waals surface area contributed by atoms with E-state index in [2.05, 4.69) is 51.8 Å². The van der Waals surface area contributed by atoms with E-state index in [1.807, 2.05) is 0 Å². The fraction of sp³-hybridized carbons (Fsp3) is 0.263. The quantitative estimate of drug-likeness (QED) is 0.342. The zero-order valence-electron chi connectivity index (χ0n) is 28.5. The molecule has 0 atom stereocenters. The Labute approximate surface area is 220 Å². The summed E-state index contributed by atoms with van der Waals surface area (Å²) in [5.74, 6) is -1.56. The van der Waals surface area contributed by atoms with E-state index in [-0.39, 0.29) is 4.47 Å². The SMILES string of the molecule is [2H]c1c([2H])c(-c2c(NS(=O)(=O)NC([2H])([2H])C([2H])([2H])C([2H])([2H])[2H])ncnc2OCC([2H])([2H])Oc2ncc(Br)cn2)c([2H])c([2H])c1Br. The van der Waals surface area contributed by atoms with Gasteiger partial charge in [-0.2, -0.15) is 13.1 Å². The van der Waals surface area contributed by atoms with Crippen molar-refractivity contribution in [1.29, 1.82) is 0 Å². The minimum Gasteiger partial charge on any atom is -0.473 e. The molecule has 10 nitrogen and oxygen atoms in total. The van der Waals surface area contributed by atoms with Gasteiger partial charge in [0.25, 0.3) is 10.2 Å². The molecule has 0 spiro atoms. The average Bonchev–Trinajstić information content (AvgIpc) is 2.90. The number of ether oxygens (including phenoxy) is 2. The number of hydrogen-bond donors (Lipinski definition) is 2. The van der Waals surface area contributed by atoms with Crippen molar-refractivity contribution in [1.82, 2.24) is 24.7 Å². The smallest absolute Gasteiger partial charge is 0.316 e. The highest BCUT2D eigenvalue weighted by molar-refractivity contribution is 9.10. The molecule has 0 saturated carbocycles. The van der Waals surface area contributed by atoms with Crippen LogP contribution in [0.1, 0.15) is 31.0 Å². The van der Waals surface area contributed by atoms with Gasteiger partial charge < -0.3 is 9.47 Å². The summed E-state index contributed by atoms with van der Waals surface area (Å²) < 4.78 is 142. The normalized spacial score (nSPS) is 18.9. The maximum atomic E-state index is 13.0. The molecule has 0 saturated heterocycles. The largest absolute Gasteiger partial charge is 0.473 e. The summed E-state index contributed by atoms with van der Waals surface area (Å²) in [4.78, 5) is 15.1. The molecule has 170 valence electrons. The van der Waals surface area contributed by atoms with Crippen LogP contribution in [-0.2, 0) is 10.2 Å². The third-order valence-corrected chi connectivity index (χ3v) is 4.80. The molecule has 2 aromatic heterocycles. The standard InChI is InChI=1S/C19H20Br2N6O4S/c1-2-7-26-32(28,29)27-17-16(13-3-5-14(20)6-4-13)18(25-12-24-17)30-8-9-31-19-22-10-15(21)11-23-19/h3-6,10-12,26H,2,7-9H2,1H3,(H,24,25,27)/i1D3,2D2,3D,4D,5D,6D,7D2,9D2. The third-order valence-electron chi connectivity index (χ3n) is 3.16. The van der Waals surface area contributed by atoms with Crippen LogP contribution < -0.4 is 18.9 Å². The molecule has 0 aliphatic heterocycles. The van der Waals surface area contributed by atoms with Crippen LogP contribution in [0, 0.1) is 0 Å².